The molecule has 1 rings (SSSR count). The Kier molecular flexibility index (Phi) is 1.77. The molecule has 0 radical (unpaired) electrons. The van der Waals surface area contributed by atoms with Crippen LogP contribution in [0.4, 0.5) is 0 Å². The first-order valence-electron chi connectivity index (χ1n) is 3.08. The van der Waals surface area contributed by atoms with E-state index in [2.05, 4.69) is 0 Å². The van der Waals surface area contributed by atoms with Gasteiger partial charge < -0.3 is 0 Å². The maximum absolute atomic E-state index is 10.3. The van der Waals surface area contributed by atoms with Crippen molar-refractivity contribution in [2.75, 3.05) is 5.75 Å². The lowest BCUT2D eigenvalue weighted by atomic mass is 10.3. The molecular formula is C5H11NO2S. The van der Waals surface area contributed by atoms with Gasteiger partial charge in [0, 0.05) is 0 Å². The molecule has 1 fully saturated rings. The fourth-order valence-corrected chi connectivity index (χ4v) is 1.40. The molecule has 0 saturated heterocycles. The van der Waals surface area contributed by atoms with E-state index in [9.17, 15) is 8.42 Å². The largest absolute Gasteiger partial charge is 0.229 e. The van der Waals surface area contributed by atoms with Crippen molar-refractivity contribution in [1.82, 2.24) is 0 Å². The van der Waals surface area contributed by atoms with Crippen LogP contribution in [0.15, 0.2) is 0 Å². The number of nitrogens with two attached hydrogens (primary N) is 1. The monoisotopic (exact) mass is 149 g/mol. The Labute approximate surface area is 55.3 Å². The summed E-state index contributed by atoms with van der Waals surface area (Å²) >= 11 is 0. The van der Waals surface area contributed by atoms with Crippen molar-refractivity contribution >= 4 is 10.0 Å². The highest BCUT2D eigenvalue weighted by Crippen LogP contribution is 2.32. The van der Waals surface area contributed by atoms with E-state index in [0.717, 1.165) is 6.42 Å². The first kappa shape index (κ1) is 7.02. The van der Waals surface area contributed by atoms with E-state index in [-0.39, 0.29) is 5.75 Å². The lowest BCUT2D eigenvalue weighted by Gasteiger charge is -1.93. The molecule has 0 aliphatic heterocycles. The van der Waals surface area contributed by atoms with Gasteiger partial charge in [-0.25, -0.2) is 13.6 Å². The Hall–Kier alpha value is -0.0900. The average Bonchev–Trinajstić information content (AvgIpc) is 2.38. The molecule has 0 aromatic heterocycles. The second-order valence-electron chi connectivity index (χ2n) is 2.60. The van der Waals surface area contributed by atoms with Gasteiger partial charge in [0.2, 0.25) is 10.0 Å². The quantitative estimate of drug-likeness (QED) is 0.617. The molecule has 0 aromatic carbocycles. The highest BCUT2D eigenvalue weighted by atomic mass is 32.2. The van der Waals surface area contributed by atoms with Gasteiger partial charge in [0.25, 0.3) is 0 Å². The first-order chi connectivity index (χ1) is 4.08. The summed E-state index contributed by atoms with van der Waals surface area (Å²) in [6.45, 7) is 0. The van der Waals surface area contributed by atoms with E-state index in [1.54, 1.807) is 0 Å². The summed E-state index contributed by atoms with van der Waals surface area (Å²) in [5, 5.41) is 4.78. The highest BCUT2D eigenvalue weighted by Gasteiger charge is 2.22. The second kappa shape index (κ2) is 2.27. The van der Waals surface area contributed by atoms with Crippen LogP contribution in [0.2, 0.25) is 0 Å². The molecule has 4 heteroatoms. The Morgan fingerprint density at radius 3 is 2.33 bits per heavy atom. The van der Waals surface area contributed by atoms with E-state index in [1.807, 2.05) is 0 Å². The standard InChI is InChI=1S/C5H11NO2S/c6-9(7,8)4-3-5-1-2-5/h5H,1-4H2,(H2,6,7,8). The zero-order valence-electron chi connectivity index (χ0n) is 5.21. The zero-order chi connectivity index (χ0) is 6.91. The molecular weight excluding hydrogens is 138 g/mol. The number of hydrogen-bond acceptors (Lipinski definition) is 2. The van der Waals surface area contributed by atoms with Crippen molar-refractivity contribution in [3.05, 3.63) is 0 Å². The predicted molar refractivity (Wildman–Crippen MR) is 35.3 cm³/mol. The SMILES string of the molecule is NS(=O)(=O)CCC1CC1. The van der Waals surface area contributed by atoms with Crippen LogP contribution in [0.3, 0.4) is 0 Å². The molecule has 1 aliphatic rings. The molecule has 0 atom stereocenters. The summed E-state index contributed by atoms with van der Waals surface area (Å²) in [6.07, 6.45) is 3.14. The molecule has 0 spiro atoms. The van der Waals surface area contributed by atoms with E-state index in [4.69, 9.17) is 5.14 Å². The average molecular weight is 149 g/mol. The highest BCUT2D eigenvalue weighted by molar-refractivity contribution is 7.89. The van der Waals surface area contributed by atoms with E-state index < -0.39 is 10.0 Å². The van der Waals surface area contributed by atoms with E-state index in [0.29, 0.717) is 5.92 Å². The van der Waals surface area contributed by atoms with Gasteiger partial charge in [-0.15, -0.1) is 0 Å². The van der Waals surface area contributed by atoms with Crippen LogP contribution >= 0.6 is 0 Å². The second-order valence-corrected chi connectivity index (χ2v) is 4.33. The summed E-state index contributed by atoms with van der Waals surface area (Å²) in [5.74, 6) is 0.820. The summed E-state index contributed by atoms with van der Waals surface area (Å²) in [6, 6.07) is 0. The Bertz CT molecular complexity index is 181. The van der Waals surface area contributed by atoms with Gasteiger partial charge in [-0.3, -0.25) is 0 Å². The topological polar surface area (TPSA) is 60.2 Å². The first-order valence-corrected chi connectivity index (χ1v) is 4.80. The molecule has 0 heterocycles. The van der Waals surface area contributed by atoms with Crippen LogP contribution < -0.4 is 5.14 Å². The molecule has 0 bridgehead atoms. The smallest absolute Gasteiger partial charge is 0.209 e. The predicted octanol–water partition coefficient (Wildman–Crippen LogP) is 0.0750. The molecule has 1 aliphatic carbocycles. The zero-order valence-corrected chi connectivity index (χ0v) is 6.02. The van der Waals surface area contributed by atoms with Crippen molar-refractivity contribution < 1.29 is 8.42 Å². The van der Waals surface area contributed by atoms with Crippen LogP contribution in [0, 0.1) is 5.92 Å². The van der Waals surface area contributed by atoms with Crippen molar-refractivity contribution in [3.63, 3.8) is 0 Å². The van der Waals surface area contributed by atoms with Gasteiger partial charge in [-0.1, -0.05) is 12.8 Å². The molecule has 0 unspecified atom stereocenters. The van der Waals surface area contributed by atoms with Gasteiger partial charge in [0.1, 0.15) is 0 Å². The number of sulfonamides is 1. The number of rotatable bonds is 3. The minimum absolute atomic E-state index is 0.164. The van der Waals surface area contributed by atoms with Crippen molar-refractivity contribution in [2.45, 2.75) is 19.3 Å². The molecule has 0 amide bonds. The maximum Gasteiger partial charge on any atom is 0.209 e. The van der Waals surface area contributed by atoms with Gasteiger partial charge in [-0.2, -0.15) is 0 Å². The minimum Gasteiger partial charge on any atom is -0.229 e. The maximum atomic E-state index is 10.3. The fourth-order valence-electron chi connectivity index (χ4n) is 0.737. The third kappa shape index (κ3) is 3.48. The van der Waals surface area contributed by atoms with Gasteiger partial charge in [0.05, 0.1) is 5.75 Å². The van der Waals surface area contributed by atoms with Crippen LogP contribution in [-0.2, 0) is 10.0 Å². The minimum atomic E-state index is -3.18. The molecule has 2 N–H and O–H groups in total. The lowest BCUT2D eigenvalue weighted by molar-refractivity contribution is 0.592. The van der Waals surface area contributed by atoms with Crippen molar-refractivity contribution in [2.24, 2.45) is 11.1 Å². The van der Waals surface area contributed by atoms with Crippen molar-refractivity contribution in [3.8, 4) is 0 Å². The van der Waals surface area contributed by atoms with Gasteiger partial charge in [-0.05, 0) is 12.3 Å². The molecule has 1 saturated carbocycles. The normalized spacial score (nSPS) is 20.1. The summed E-state index contributed by atoms with van der Waals surface area (Å²) in [4.78, 5) is 0. The molecule has 0 aromatic rings. The Morgan fingerprint density at radius 1 is 1.44 bits per heavy atom. The molecule has 9 heavy (non-hydrogen) atoms. The van der Waals surface area contributed by atoms with Gasteiger partial charge in [0.15, 0.2) is 0 Å². The summed E-state index contributed by atoms with van der Waals surface area (Å²) in [7, 11) is -3.18. The summed E-state index contributed by atoms with van der Waals surface area (Å²) in [5.41, 5.74) is 0. The Balaban J connectivity index is 2.18. The number of hydrogen-bond donors (Lipinski definition) is 1. The molecule has 54 valence electrons. The number of primary sulfonamides is 1. The van der Waals surface area contributed by atoms with Gasteiger partial charge >= 0.3 is 0 Å². The van der Waals surface area contributed by atoms with Crippen LogP contribution in [0.1, 0.15) is 19.3 Å². The lowest BCUT2D eigenvalue weighted by Crippen LogP contribution is -2.16. The van der Waals surface area contributed by atoms with E-state index >= 15 is 0 Å². The van der Waals surface area contributed by atoms with E-state index in [1.165, 1.54) is 12.8 Å². The van der Waals surface area contributed by atoms with Crippen molar-refractivity contribution in [1.29, 1.82) is 0 Å². The fraction of sp³-hybridized carbons (Fsp3) is 1.00. The summed E-state index contributed by atoms with van der Waals surface area (Å²) < 4.78 is 20.7. The van der Waals surface area contributed by atoms with Crippen LogP contribution in [0.5, 0.6) is 0 Å². The Morgan fingerprint density at radius 2 is 2.00 bits per heavy atom. The van der Waals surface area contributed by atoms with Crippen LogP contribution in [0.25, 0.3) is 0 Å². The van der Waals surface area contributed by atoms with Crippen LogP contribution in [-0.4, -0.2) is 14.2 Å². The molecule has 3 nitrogen and oxygen atoms in total. The third-order valence-corrected chi connectivity index (χ3v) is 2.31. The third-order valence-electron chi connectivity index (χ3n) is 1.51.